The summed E-state index contributed by atoms with van der Waals surface area (Å²) in [7, 11) is 0. The van der Waals surface area contributed by atoms with E-state index in [0.29, 0.717) is 5.56 Å². The fourth-order valence-electron chi connectivity index (χ4n) is 2.81. The number of nitrogens with one attached hydrogen (secondary N) is 1. The monoisotopic (exact) mass is 407 g/mol. The molecule has 0 saturated heterocycles. The average Bonchev–Trinajstić information content (AvgIpc) is 2.46. The molecule has 3 nitrogen and oxygen atoms in total. The maximum Gasteiger partial charge on any atom is 0.252 e. The van der Waals surface area contributed by atoms with Crippen molar-refractivity contribution in [2.75, 3.05) is 0 Å². The Kier molecular flexibility index (Phi) is 4.12. The van der Waals surface area contributed by atoms with Crippen molar-refractivity contribution in [3.05, 3.63) is 63.2 Å². The van der Waals surface area contributed by atoms with E-state index < -0.39 is 0 Å². The highest BCUT2D eigenvalue weighted by Crippen LogP contribution is 2.39. The Morgan fingerprint density at radius 1 is 1.18 bits per heavy atom. The second kappa shape index (κ2) is 5.91. The van der Waals surface area contributed by atoms with Crippen LogP contribution in [-0.4, -0.2) is 11.5 Å². The smallest absolute Gasteiger partial charge is 0.252 e. The quantitative estimate of drug-likeness (QED) is 0.753. The van der Waals surface area contributed by atoms with Gasteiger partial charge in [0.05, 0.1) is 11.6 Å². The molecular weight excluding hydrogens is 389 g/mol. The number of hydrogen-bond acceptors (Lipinski definition) is 2. The van der Waals surface area contributed by atoms with Crippen LogP contribution in [0.3, 0.4) is 0 Å². The number of para-hydroxylation sites is 1. The van der Waals surface area contributed by atoms with Crippen LogP contribution in [-0.2, 0) is 0 Å². The van der Waals surface area contributed by atoms with Crippen LogP contribution in [0.4, 0.5) is 0 Å². The first-order valence-electron chi connectivity index (χ1n) is 7.30. The first-order chi connectivity index (χ1) is 10.5. The molecule has 0 spiro atoms. The minimum Gasteiger partial charge on any atom is -0.487 e. The van der Waals surface area contributed by atoms with E-state index in [1.807, 2.05) is 62.4 Å². The zero-order valence-corrected chi connectivity index (χ0v) is 14.8. The summed E-state index contributed by atoms with van der Waals surface area (Å²) in [5, 5.41) is 3.16. The molecule has 1 heterocycles. The van der Waals surface area contributed by atoms with Crippen molar-refractivity contribution in [2.24, 2.45) is 0 Å². The third kappa shape index (κ3) is 3.11. The molecule has 0 radical (unpaired) electrons. The molecule has 0 aliphatic carbocycles. The van der Waals surface area contributed by atoms with E-state index >= 15 is 0 Å². The Morgan fingerprint density at radius 2 is 1.86 bits per heavy atom. The molecule has 1 amide bonds. The first-order valence-corrected chi connectivity index (χ1v) is 8.37. The molecule has 2 aromatic rings. The van der Waals surface area contributed by atoms with Gasteiger partial charge in [-0.25, -0.2) is 0 Å². The van der Waals surface area contributed by atoms with Crippen molar-refractivity contribution in [1.82, 2.24) is 5.32 Å². The van der Waals surface area contributed by atoms with Gasteiger partial charge in [0.15, 0.2) is 0 Å². The van der Waals surface area contributed by atoms with Gasteiger partial charge in [0.25, 0.3) is 5.91 Å². The molecule has 1 aliphatic rings. The lowest BCUT2D eigenvalue weighted by Crippen LogP contribution is -2.41. The van der Waals surface area contributed by atoms with Crippen LogP contribution in [0, 0.1) is 3.57 Å². The van der Waals surface area contributed by atoms with Crippen molar-refractivity contribution >= 4 is 28.5 Å². The van der Waals surface area contributed by atoms with Gasteiger partial charge in [-0.05, 0) is 54.6 Å². The molecule has 2 aromatic carbocycles. The van der Waals surface area contributed by atoms with E-state index in [4.69, 9.17) is 4.74 Å². The van der Waals surface area contributed by atoms with Gasteiger partial charge in [-0.1, -0.05) is 30.3 Å². The Hall–Kier alpha value is -1.56. The van der Waals surface area contributed by atoms with Crippen LogP contribution in [0.5, 0.6) is 5.75 Å². The summed E-state index contributed by atoms with van der Waals surface area (Å²) in [6.45, 7) is 4.10. The van der Waals surface area contributed by atoms with Crippen LogP contribution in [0.2, 0.25) is 0 Å². The van der Waals surface area contributed by atoms with Gasteiger partial charge in [-0.3, -0.25) is 4.79 Å². The van der Waals surface area contributed by atoms with E-state index in [9.17, 15) is 4.79 Å². The number of benzene rings is 2. The van der Waals surface area contributed by atoms with Gasteiger partial charge in [-0.2, -0.15) is 0 Å². The van der Waals surface area contributed by atoms with Crippen molar-refractivity contribution in [3.8, 4) is 5.75 Å². The Bertz CT molecular complexity index is 712. The maximum atomic E-state index is 12.6. The molecule has 1 N–H and O–H groups in total. The summed E-state index contributed by atoms with van der Waals surface area (Å²) >= 11 is 2.19. The lowest BCUT2D eigenvalue weighted by molar-refractivity contribution is 0.0619. The van der Waals surface area contributed by atoms with E-state index in [-0.39, 0.29) is 17.6 Å². The third-order valence-corrected chi connectivity index (χ3v) is 4.74. The van der Waals surface area contributed by atoms with Crippen LogP contribution in [0.1, 0.15) is 42.2 Å². The first kappa shape index (κ1) is 15.3. The van der Waals surface area contributed by atoms with Crippen molar-refractivity contribution < 1.29 is 9.53 Å². The molecule has 22 heavy (non-hydrogen) atoms. The van der Waals surface area contributed by atoms with E-state index in [1.165, 1.54) is 0 Å². The van der Waals surface area contributed by atoms with Crippen LogP contribution >= 0.6 is 22.6 Å². The molecule has 3 rings (SSSR count). The van der Waals surface area contributed by atoms with Crippen molar-refractivity contribution in [3.63, 3.8) is 0 Å². The van der Waals surface area contributed by atoms with Gasteiger partial charge in [0.1, 0.15) is 11.4 Å². The number of carbonyl (C=O) groups excluding carboxylic acids is 1. The molecular formula is C18H18INO2. The fourth-order valence-corrected chi connectivity index (χ4v) is 3.44. The molecule has 1 atom stereocenters. The summed E-state index contributed by atoms with van der Waals surface area (Å²) in [4.78, 5) is 12.6. The molecule has 0 bridgehead atoms. The standard InChI is InChI=1S/C18H18INO2/c1-18(2)11-15(13-8-4-6-10-16(13)22-18)20-17(21)12-7-3-5-9-14(12)19/h3-10,15H,11H2,1-2H3,(H,20,21)/t15-/m1/s1. The normalized spacial score (nSPS) is 19.0. The van der Waals surface area contributed by atoms with Gasteiger partial charge < -0.3 is 10.1 Å². The lowest BCUT2D eigenvalue weighted by Gasteiger charge is -2.37. The Morgan fingerprint density at radius 3 is 2.64 bits per heavy atom. The molecule has 4 heteroatoms. The van der Waals surface area contributed by atoms with Crippen molar-refractivity contribution in [2.45, 2.75) is 31.9 Å². The molecule has 0 saturated carbocycles. The highest BCUT2D eigenvalue weighted by molar-refractivity contribution is 14.1. The van der Waals surface area contributed by atoms with Gasteiger partial charge in [0, 0.05) is 15.6 Å². The van der Waals surface area contributed by atoms with E-state index in [1.54, 1.807) is 0 Å². The predicted octanol–water partition coefficient (Wildman–Crippen LogP) is 4.32. The second-order valence-corrected chi connectivity index (χ2v) is 7.27. The summed E-state index contributed by atoms with van der Waals surface area (Å²) < 4.78 is 6.96. The molecule has 1 aliphatic heterocycles. The number of rotatable bonds is 2. The maximum absolute atomic E-state index is 12.6. The largest absolute Gasteiger partial charge is 0.487 e. The van der Waals surface area contributed by atoms with Crippen molar-refractivity contribution in [1.29, 1.82) is 0 Å². The van der Waals surface area contributed by atoms with Gasteiger partial charge in [0.2, 0.25) is 0 Å². The number of amides is 1. The van der Waals surface area contributed by atoms with Crippen LogP contribution < -0.4 is 10.1 Å². The van der Waals surface area contributed by atoms with E-state index in [0.717, 1.165) is 21.3 Å². The second-order valence-electron chi connectivity index (χ2n) is 6.11. The van der Waals surface area contributed by atoms with Crippen LogP contribution in [0.25, 0.3) is 0 Å². The number of ether oxygens (including phenoxy) is 1. The zero-order valence-electron chi connectivity index (χ0n) is 12.6. The average molecular weight is 407 g/mol. The summed E-state index contributed by atoms with van der Waals surface area (Å²) in [5.74, 6) is 0.814. The number of carbonyl (C=O) groups is 1. The minimum atomic E-state index is -0.295. The van der Waals surface area contributed by atoms with Gasteiger partial charge in [-0.15, -0.1) is 0 Å². The zero-order chi connectivity index (χ0) is 15.7. The SMILES string of the molecule is CC1(C)C[C@@H](NC(=O)c2ccccc2I)c2ccccc2O1. The molecule has 114 valence electrons. The van der Waals surface area contributed by atoms with E-state index in [2.05, 4.69) is 27.9 Å². The predicted molar refractivity (Wildman–Crippen MR) is 95.1 cm³/mol. The number of halogens is 1. The Labute approximate surface area is 144 Å². The molecule has 0 fully saturated rings. The molecule has 0 aromatic heterocycles. The number of hydrogen-bond donors (Lipinski definition) is 1. The summed E-state index contributed by atoms with van der Waals surface area (Å²) in [6, 6.07) is 15.5. The van der Waals surface area contributed by atoms with Crippen LogP contribution in [0.15, 0.2) is 48.5 Å². The number of fused-ring (bicyclic) bond motifs is 1. The minimum absolute atomic E-state index is 0.0385. The van der Waals surface area contributed by atoms with Gasteiger partial charge >= 0.3 is 0 Å². The third-order valence-electron chi connectivity index (χ3n) is 3.80. The molecule has 0 unspecified atom stereocenters. The Balaban J connectivity index is 1.89. The topological polar surface area (TPSA) is 38.3 Å². The lowest BCUT2D eigenvalue weighted by atomic mass is 9.89. The fraction of sp³-hybridized carbons (Fsp3) is 0.278. The summed E-state index contributed by atoms with van der Waals surface area (Å²) in [6.07, 6.45) is 0.749. The highest BCUT2D eigenvalue weighted by atomic mass is 127. The highest BCUT2D eigenvalue weighted by Gasteiger charge is 2.34. The summed E-state index contributed by atoms with van der Waals surface area (Å²) in [5.41, 5.74) is 1.46.